The Morgan fingerprint density at radius 3 is 1.14 bits per heavy atom. The fraction of sp³-hybridized carbons (Fsp3) is 0.500. The molecule has 0 aliphatic rings. The van der Waals surface area contributed by atoms with Crippen LogP contribution in [0, 0.1) is 35.5 Å². The molecule has 0 aromatic carbocycles. The van der Waals surface area contributed by atoms with E-state index < -0.39 is 11.2 Å². The molecule has 0 unspecified atom stereocenters. The third-order valence-electron chi connectivity index (χ3n) is 0.924. The summed E-state index contributed by atoms with van der Waals surface area (Å²) in [7, 11) is 0. The summed E-state index contributed by atoms with van der Waals surface area (Å²) >= 11 is 0. The zero-order valence-corrected chi connectivity index (χ0v) is 8.89. The van der Waals surface area contributed by atoms with E-state index in [1.54, 1.807) is 27.7 Å². The second-order valence-electron chi connectivity index (χ2n) is 3.87. The van der Waals surface area contributed by atoms with Gasteiger partial charge in [-0.1, -0.05) is 11.8 Å². The van der Waals surface area contributed by atoms with E-state index in [1.165, 1.54) is 0 Å². The quantitative estimate of drug-likeness (QED) is 0.547. The van der Waals surface area contributed by atoms with Gasteiger partial charge in [-0.15, -0.1) is 0 Å². The van der Waals surface area contributed by atoms with Gasteiger partial charge in [-0.3, -0.25) is 0 Å². The molecule has 0 heterocycles. The Labute approximate surface area is 85.3 Å². The molecule has 14 heavy (non-hydrogen) atoms. The lowest BCUT2D eigenvalue weighted by Crippen LogP contribution is -2.14. The van der Waals surface area contributed by atoms with Crippen LogP contribution in [0.25, 0.3) is 0 Å². The molecule has 0 saturated heterocycles. The molecule has 0 amide bonds. The van der Waals surface area contributed by atoms with Gasteiger partial charge >= 0.3 is 0 Å². The van der Waals surface area contributed by atoms with Gasteiger partial charge < -0.3 is 10.2 Å². The molecule has 0 fully saturated rings. The first-order valence-corrected chi connectivity index (χ1v) is 4.20. The maximum absolute atomic E-state index is 9.19. The summed E-state index contributed by atoms with van der Waals surface area (Å²) in [5.74, 6) is 14.9. The molecule has 0 radical (unpaired) electrons. The van der Waals surface area contributed by atoms with Gasteiger partial charge in [0.15, 0.2) is 0 Å². The topological polar surface area (TPSA) is 40.5 Å². The average molecular weight is 190 g/mol. The number of hydrogen-bond acceptors (Lipinski definition) is 2. The second-order valence-corrected chi connectivity index (χ2v) is 3.87. The molecule has 2 nitrogen and oxygen atoms in total. The van der Waals surface area contributed by atoms with E-state index in [9.17, 15) is 10.2 Å². The average Bonchev–Trinajstić information content (AvgIpc) is 1.92. The predicted molar refractivity (Wildman–Crippen MR) is 55.9 cm³/mol. The molecule has 0 aromatic rings. The summed E-state index contributed by atoms with van der Waals surface area (Å²) in [5.41, 5.74) is -2.06. The number of hydrogen-bond donors (Lipinski definition) is 2. The SMILES string of the molecule is CC(C)(O)C#CC#CC#CC(C)(C)O. The fourth-order valence-electron chi connectivity index (χ4n) is 0.431. The van der Waals surface area contributed by atoms with Gasteiger partial charge in [-0.05, 0) is 51.4 Å². The van der Waals surface area contributed by atoms with Crippen molar-refractivity contribution in [3.63, 3.8) is 0 Å². The molecule has 2 N–H and O–H groups in total. The minimum atomic E-state index is -1.03. The van der Waals surface area contributed by atoms with Crippen molar-refractivity contribution in [2.75, 3.05) is 0 Å². The van der Waals surface area contributed by atoms with Crippen molar-refractivity contribution < 1.29 is 10.2 Å². The highest BCUT2D eigenvalue weighted by Gasteiger charge is 2.05. The lowest BCUT2D eigenvalue weighted by Gasteiger charge is -2.04. The van der Waals surface area contributed by atoms with Crippen molar-refractivity contribution >= 4 is 0 Å². The van der Waals surface area contributed by atoms with Crippen LogP contribution in [0.1, 0.15) is 27.7 Å². The second kappa shape index (κ2) is 4.73. The minimum Gasteiger partial charge on any atom is -0.378 e. The molecule has 2 heteroatoms. The molecular formula is C12H14O2. The highest BCUT2D eigenvalue weighted by molar-refractivity contribution is 5.37. The van der Waals surface area contributed by atoms with Crippen LogP contribution in [0.4, 0.5) is 0 Å². The number of rotatable bonds is 0. The van der Waals surface area contributed by atoms with Crippen LogP contribution in [0.2, 0.25) is 0 Å². The molecular weight excluding hydrogens is 176 g/mol. The highest BCUT2D eigenvalue weighted by Crippen LogP contribution is 1.96. The van der Waals surface area contributed by atoms with Gasteiger partial charge in [0.25, 0.3) is 0 Å². The Kier molecular flexibility index (Phi) is 4.26. The molecule has 0 bridgehead atoms. The van der Waals surface area contributed by atoms with Crippen molar-refractivity contribution in [3.05, 3.63) is 0 Å². The third-order valence-corrected chi connectivity index (χ3v) is 0.924. The first kappa shape index (κ1) is 12.6. The van der Waals surface area contributed by atoms with Crippen LogP contribution in [0.15, 0.2) is 0 Å². The van der Waals surface area contributed by atoms with Gasteiger partial charge in [0.2, 0.25) is 0 Å². The monoisotopic (exact) mass is 190 g/mol. The van der Waals surface area contributed by atoms with Crippen LogP contribution < -0.4 is 0 Å². The Morgan fingerprint density at radius 2 is 0.929 bits per heavy atom. The van der Waals surface area contributed by atoms with Gasteiger partial charge in [0.05, 0.1) is 0 Å². The Hall–Kier alpha value is -1.40. The Morgan fingerprint density at radius 1 is 0.643 bits per heavy atom. The van der Waals surface area contributed by atoms with E-state index in [2.05, 4.69) is 35.5 Å². The van der Waals surface area contributed by atoms with Gasteiger partial charge in [0.1, 0.15) is 11.2 Å². The van der Waals surface area contributed by atoms with E-state index in [0.717, 1.165) is 0 Å². The van der Waals surface area contributed by atoms with Crippen LogP contribution in [0.5, 0.6) is 0 Å². The van der Waals surface area contributed by atoms with Crippen LogP contribution in [0.3, 0.4) is 0 Å². The van der Waals surface area contributed by atoms with E-state index in [0.29, 0.717) is 0 Å². The smallest absolute Gasteiger partial charge is 0.120 e. The van der Waals surface area contributed by atoms with Gasteiger partial charge in [-0.25, -0.2) is 0 Å². The predicted octanol–water partition coefficient (Wildman–Crippen LogP) is 0.538. The van der Waals surface area contributed by atoms with Crippen molar-refractivity contribution in [1.82, 2.24) is 0 Å². The summed E-state index contributed by atoms with van der Waals surface area (Å²) in [5, 5.41) is 18.4. The maximum Gasteiger partial charge on any atom is 0.120 e. The van der Waals surface area contributed by atoms with Gasteiger partial charge in [0, 0.05) is 0 Å². The first-order valence-electron chi connectivity index (χ1n) is 4.20. The van der Waals surface area contributed by atoms with E-state index in [4.69, 9.17) is 0 Å². The van der Waals surface area contributed by atoms with Crippen molar-refractivity contribution in [1.29, 1.82) is 0 Å². The van der Waals surface area contributed by atoms with Crippen LogP contribution in [-0.4, -0.2) is 21.4 Å². The standard InChI is InChI=1S/C12H14O2/c1-11(2,13)9-7-5-6-8-10-12(3,4)14/h13-14H,1-4H3. The molecule has 0 aromatic heterocycles. The summed E-state index contributed by atoms with van der Waals surface area (Å²) in [6.07, 6.45) is 0. The summed E-state index contributed by atoms with van der Waals surface area (Å²) in [6.45, 7) is 6.29. The van der Waals surface area contributed by atoms with Crippen LogP contribution >= 0.6 is 0 Å². The van der Waals surface area contributed by atoms with Gasteiger partial charge in [-0.2, -0.15) is 0 Å². The summed E-state index contributed by atoms with van der Waals surface area (Å²) in [4.78, 5) is 0. The van der Waals surface area contributed by atoms with Crippen molar-refractivity contribution in [2.24, 2.45) is 0 Å². The van der Waals surface area contributed by atoms with E-state index in [-0.39, 0.29) is 0 Å². The lowest BCUT2D eigenvalue weighted by molar-refractivity contribution is 0.143. The maximum atomic E-state index is 9.19. The summed E-state index contributed by atoms with van der Waals surface area (Å²) < 4.78 is 0. The Bertz CT molecular complexity index is 323. The lowest BCUT2D eigenvalue weighted by atomic mass is 10.1. The van der Waals surface area contributed by atoms with E-state index in [1.807, 2.05) is 0 Å². The van der Waals surface area contributed by atoms with Crippen molar-refractivity contribution in [3.8, 4) is 35.5 Å². The highest BCUT2D eigenvalue weighted by atomic mass is 16.3. The largest absolute Gasteiger partial charge is 0.378 e. The van der Waals surface area contributed by atoms with Crippen LogP contribution in [-0.2, 0) is 0 Å². The summed E-state index contributed by atoms with van der Waals surface area (Å²) in [6, 6.07) is 0. The molecule has 0 rings (SSSR count). The fourth-order valence-corrected chi connectivity index (χ4v) is 0.431. The third kappa shape index (κ3) is 10.6. The minimum absolute atomic E-state index is 1.03. The van der Waals surface area contributed by atoms with Crippen molar-refractivity contribution in [2.45, 2.75) is 38.9 Å². The molecule has 0 atom stereocenters. The zero-order valence-electron chi connectivity index (χ0n) is 8.89. The normalized spacial score (nSPS) is 9.86. The molecule has 0 spiro atoms. The first-order chi connectivity index (χ1) is 6.21. The van der Waals surface area contributed by atoms with E-state index >= 15 is 0 Å². The molecule has 0 saturated carbocycles. The molecule has 0 aliphatic carbocycles. The number of aliphatic hydroxyl groups is 2. The Balaban J connectivity index is 4.32. The zero-order chi connectivity index (χ0) is 11.2. The molecule has 0 aliphatic heterocycles. The molecule has 74 valence electrons.